The lowest BCUT2D eigenvalue weighted by Gasteiger charge is -2.19. The number of hydrogen-bond acceptors (Lipinski definition) is 4. The van der Waals surface area contributed by atoms with E-state index in [0.29, 0.717) is 58.4 Å². The summed E-state index contributed by atoms with van der Waals surface area (Å²) >= 11 is 0. The van der Waals surface area contributed by atoms with Gasteiger partial charge in [0.1, 0.15) is 0 Å². The van der Waals surface area contributed by atoms with Crippen molar-refractivity contribution in [1.29, 1.82) is 0 Å². The number of likely N-dealkylation sites (tertiary alicyclic amines) is 1. The molecule has 0 spiro atoms. The van der Waals surface area contributed by atoms with Crippen molar-refractivity contribution >= 4 is 29.9 Å². The van der Waals surface area contributed by atoms with Gasteiger partial charge in [0.2, 0.25) is 0 Å². The number of halogens is 4. The summed E-state index contributed by atoms with van der Waals surface area (Å²) in [5.74, 6) is 0.668. The zero-order chi connectivity index (χ0) is 18.5. The van der Waals surface area contributed by atoms with Gasteiger partial charge in [-0.1, -0.05) is 0 Å². The Morgan fingerprint density at radius 2 is 2.00 bits per heavy atom. The van der Waals surface area contributed by atoms with Crippen molar-refractivity contribution in [2.24, 2.45) is 4.99 Å². The fourth-order valence-electron chi connectivity index (χ4n) is 2.61. The van der Waals surface area contributed by atoms with E-state index in [1.54, 1.807) is 7.11 Å². The first-order valence-electron chi connectivity index (χ1n) is 8.85. The number of guanidine groups is 1. The summed E-state index contributed by atoms with van der Waals surface area (Å²) in [6.07, 6.45) is -1.64. The van der Waals surface area contributed by atoms with E-state index in [0.717, 1.165) is 12.8 Å². The van der Waals surface area contributed by atoms with Crippen LogP contribution in [0.1, 0.15) is 26.2 Å². The van der Waals surface area contributed by atoms with Crippen LogP contribution in [0.15, 0.2) is 4.99 Å². The highest BCUT2D eigenvalue weighted by Crippen LogP contribution is 2.19. The van der Waals surface area contributed by atoms with Crippen molar-refractivity contribution in [3.8, 4) is 0 Å². The number of hydrogen-bond donors (Lipinski definition) is 2. The third kappa shape index (κ3) is 12.9. The van der Waals surface area contributed by atoms with Crippen molar-refractivity contribution in [3.63, 3.8) is 0 Å². The van der Waals surface area contributed by atoms with Gasteiger partial charge in [-0.3, -0.25) is 9.89 Å². The molecule has 0 aromatic heterocycles. The van der Waals surface area contributed by atoms with E-state index in [1.807, 2.05) is 6.92 Å². The monoisotopic (exact) mass is 496 g/mol. The highest BCUT2D eigenvalue weighted by Gasteiger charge is 2.34. The van der Waals surface area contributed by atoms with E-state index in [1.165, 1.54) is 4.90 Å². The second-order valence-electron chi connectivity index (χ2n) is 6.05. The molecule has 0 amide bonds. The number of aliphatic imine (C=N–C) groups is 1. The third-order valence-corrected chi connectivity index (χ3v) is 3.76. The number of nitrogens with zero attached hydrogens (tertiary/aromatic N) is 2. The zero-order valence-corrected chi connectivity index (χ0v) is 17.9. The molecule has 10 heteroatoms. The van der Waals surface area contributed by atoms with Gasteiger partial charge in [0.15, 0.2) is 5.96 Å². The molecule has 0 aromatic carbocycles. The molecule has 0 aliphatic carbocycles. The topological polar surface area (TPSA) is 58.1 Å². The Morgan fingerprint density at radius 1 is 1.23 bits per heavy atom. The van der Waals surface area contributed by atoms with E-state index < -0.39 is 12.7 Å². The van der Waals surface area contributed by atoms with Gasteiger partial charge in [-0.05, 0) is 26.2 Å². The van der Waals surface area contributed by atoms with Crippen molar-refractivity contribution in [1.82, 2.24) is 15.5 Å². The Morgan fingerprint density at radius 3 is 2.65 bits per heavy atom. The molecular formula is C16H32F3IN4O2. The highest BCUT2D eigenvalue weighted by molar-refractivity contribution is 14.0. The van der Waals surface area contributed by atoms with Crippen LogP contribution < -0.4 is 10.6 Å². The normalized spacial score (nSPS) is 18.7. The quantitative estimate of drug-likeness (QED) is 0.199. The van der Waals surface area contributed by atoms with E-state index in [9.17, 15) is 13.2 Å². The highest BCUT2D eigenvalue weighted by atomic mass is 127. The molecule has 0 radical (unpaired) electrons. The van der Waals surface area contributed by atoms with Gasteiger partial charge in [-0.15, -0.1) is 24.0 Å². The van der Waals surface area contributed by atoms with Crippen molar-refractivity contribution in [3.05, 3.63) is 0 Å². The SMILES string of the molecule is CCNC(=NCCCCOCCOC)NC1CCN(CC(F)(F)F)C1.I. The second-order valence-corrected chi connectivity index (χ2v) is 6.05. The standard InChI is InChI=1S/C16H31F3N4O2.HI/c1-3-20-15(21-7-4-5-9-25-11-10-24-2)22-14-6-8-23(12-14)13-16(17,18)19;/h14H,3-13H2,1-2H3,(H2,20,21,22);1H. The lowest BCUT2D eigenvalue weighted by molar-refractivity contribution is -0.143. The number of nitrogens with one attached hydrogen (secondary N) is 2. The van der Waals surface area contributed by atoms with Gasteiger partial charge in [0, 0.05) is 45.9 Å². The van der Waals surface area contributed by atoms with Gasteiger partial charge in [-0.25, -0.2) is 0 Å². The fraction of sp³-hybridized carbons (Fsp3) is 0.938. The number of rotatable bonds is 11. The van der Waals surface area contributed by atoms with Crippen LogP contribution in [-0.4, -0.2) is 82.7 Å². The van der Waals surface area contributed by atoms with Crippen LogP contribution in [0.25, 0.3) is 0 Å². The van der Waals surface area contributed by atoms with Crippen LogP contribution in [0.3, 0.4) is 0 Å². The summed E-state index contributed by atoms with van der Waals surface area (Å²) in [5.41, 5.74) is 0. The first-order chi connectivity index (χ1) is 11.9. The predicted molar refractivity (Wildman–Crippen MR) is 107 cm³/mol. The van der Waals surface area contributed by atoms with Gasteiger partial charge in [0.05, 0.1) is 19.8 Å². The molecule has 2 N–H and O–H groups in total. The van der Waals surface area contributed by atoms with Crippen LogP contribution in [0.4, 0.5) is 13.2 Å². The molecule has 26 heavy (non-hydrogen) atoms. The summed E-state index contributed by atoms with van der Waals surface area (Å²) in [4.78, 5) is 5.91. The van der Waals surface area contributed by atoms with Gasteiger partial charge in [-0.2, -0.15) is 13.2 Å². The Bertz CT molecular complexity index is 387. The molecule has 0 aromatic rings. The molecule has 1 aliphatic rings. The number of unbranched alkanes of at least 4 members (excludes halogenated alkanes) is 1. The lowest BCUT2D eigenvalue weighted by Crippen LogP contribution is -2.45. The van der Waals surface area contributed by atoms with Gasteiger partial charge in [0.25, 0.3) is 0 Å². The fourth-order valence-corrected chi connectivity index (χ4v) is 2.61. The summed E-state index contributed by atoms with van der Waals surface area (Å²) in [6.45, 7) is 5.20. The first-order valence-corrected chi connectivity index (χ1v) is 8.85. The molecule has 0 bridgehead atoms. The average molecular weight is 496 g/mol. The van der Waals surface area contributed by atoms with Crippen LogP contribution in [0.5, 0.6) is 0 Å². The molecule has 1 rings (SSSR count). The number of alkyl halides is 3. The van der Waals surface area contributed by atoms with E-state index in [2.05, 4.69) is 15.6 Å². The second kappa shape index (κ2) is 14.7. The predicted octanol–water partition coefficient (Wildman–Crippen LogP) is 2.24. The molecule has 156 valence electrons. The minimum Gasteiger partial charge on any atom is -0.382 e. The van der Waals surface area contributed by atoms with Gasteiger partial charge >= 0.3 is 6.18 Å². The Balaban J connectivity index is 0.00000625. The minimum atomic E-state index is -4.14. The van der Waals surface area contributed by atoms with Crippen LogP contribution in [0.2, 0.25) is 0 Å². The molecule has 1 fully saturated rings. The molecule has 1 saturated heterocycles. The molecule has 1 atom stereocenters. The van der Waals surface area contributed by atoms with E-state index in [-0.39, 0.29) is 30.0 Å². The minimum absolute atomic E-state index is 0. The van der Waals surface area contributed by atoms with Crippen molar-refractivity contribution in [2.45, 2.75) is 38.4 Å². The number of ether oxygens (including phenoxy) is 2. The molecule has 1 aliphatic heterocycles. The summed E-state index contributed by atoms with van der Waals surface area (Å²) in [5, 5.41) is 6.38. The van der Waals surface area contributed by atoms with E-state index in [4.69, 9.17) is 9.47 Å². The van der Waals surface area contributed by atoms with Crippen LogP contribution >= 0.6 is 24.0 Å². The smallest absolute Gasteiger partial charge is 0.382 e. The molecular weight excluding hydrogens is 464 g/mol. The zero-order valence-electron chi connectivity index (χ0n) is 15.6. The first kappa shape index (κ1) is 25.7. The van der Waals surface area contributed by atoms with Gasteiger partial charge < -0.3 is 20.1 Å². The molecule has 0 saturated carbocycles. The van der Waals surface area contributed by atoms with E-state index >= 15 is 0 Å². The maximum Gasteiger partial charge on any atom is 0.401 e. The Labute approximate surface area is 171 Å². The maximum absolute atomic E-state index is 12.4. The third-order valence-electron chi connectivity index (χ3n) is 3.76. The number of methoxy groups -OCH3 is 1. The summed E-state index contributed by atoms with van der Waals surface area (Å²) in [6, 6.07) is -0.00229. The maximum atomic E-state index is 12.4. The molecule has 6 nitrogen and oxygen atoms in total. The summed E-state index contributed by atoms with van der Waals surface area (Å²) in [7, 11) is 1.64. The van der Waals surface area contributed by atoms with Crippen LogP contribution in [-0.2, 0) is 9.47 Å². The summed E-state index contributed by atoms with van der Waals surface area (Å²) < 4.78 is 47.6. The average Bonchev–Trinajstić information content (AvgIpc) is 2.95. The Kier molecular flexibility index (Phi) is 14.5. The Hall–Kier alpha value is -0.330. The lowest BCUT2D eigenvalue weighted by atomic mass is 10.3. The largest absolute Gasteiger partial charge is 0.401 e. The van der Waals surface area contributed by atoms with Crippen molar-refractivity contribution in [2.75, 3.05) is 59.7 Å². The van der Waals surface area contributed by atoms with Crippen LogP contribution in [0, 0.1) is 0 Å². The van der Waals surface area contributed by atoms with Crippen molar-refractivity contribution < 1.29 is 22.6 Å². The molecule has 1 unspecified atom stereocenters. The molecule has 1 heterocycles.